The van der Waals surface area contributed by atoms with Crippen LogP contribution in [0.4, 0.5) is 13.2 Å². The van der Waals surface area contributed by atoms with Gasteiger partial charge in [0.05, 0.1) is 0 Å². The summed E-state index contributed by atoms with van der Waals surface area (Å²) in [6.45, 7) is 0. The molecule has 0 radical (unpaired) electrons. The summed E-state index contributed by atoms with van der Waals surface area (Å²) >= 11 is 0. The van der Waals surface area contributed by atoms with Crippen LogP contribution in [0.2, 0.25) is 0 Å². The minimum Gasteiger partial charge on any atom is -0.333 e. The maximum absolute atomic E-state index is 10.7. The van der Waals surface area contributed by atoms with Crippen molar-refractivity contribution in [2.75, 3.05) is 7.05 Å². The van der Waals surface area contributed by atoms with E-state index in [0.717, 1.165) is 0 Å². The van der Waals surface area contributed by atoms with Gasteiger partial charge in [-0.2, -0.15) is 21.6 Å². The zero-order valence-corrected chi connectivity index (χ0v) is 9.16. The van der Waals surface area contributed by atoms with Crippen molar-refractivity contribution in [3.8, 4) is 0 Å². The third kappa shape index (κ3) is 9.44. The SMILES string of the molecule is CN.O=S(=O)(O)C(F)(F)F.c1ccccc1. The van der Waals surface area contributed by atoms with E-state index in [1.807, 2.05) is 36.4 Å². The van der Waals surface area contributed by atoms with Crippen LogP contribution >= 0.6 is 0 Å². The fourth-order valence-electron chi connectivity index (χ4n) is 0.385. The Morgan fingerprint density at radius 3 is 1.12 bits per heavy atom. The Hall–Kier alpha value is -1.12. The molecule has 0 aliphatic heterocycles. The third-order valence-corrected chi connectivity index (χ3v) is 1.54. The minimum atomic E-state index is -5.84. The number of halogens is 3. The number of hydrogen-bond donors (Lipinski definition) is 2. The van der Waals surface area contributed by atoms with Crippen molar-refractivity contribution in [2.24, 2.45) is 5.73 Å². The number of nitrogens with two attached hydrogens (primary N) is 1. The first-order valence-electron chi connectivity index (χ1n) is 3.86. The van der Waals surface area contributed by atoms with Crippen LogP contribution in [0.3, 0.4) is 0 Å². The van der Waals surface area contributed by atoms with Crippen LogP contribution in [0, 0.1) is 0 Å². The van der Waals surface area contributed by atoms with Gasteiger partial charge in [-0.05, 0) is 7.05 Å². The van der Waals surface area contributed by atoms with Crippen molar-refractivity contribution in [1.82, 2.24) is 0 Å². The Balaban J connectivity index is 0. The molecule has 0 heterocycles. The highest BCUT2D eigenvalue weighted by Crippen LogP contribution is 2.20. The maximum Gasteiger partial charge on any atom is 0.522 e. The Labute approximate surface area is 91.6 Å². The molecule has 0 saturated heterocycles. The molecule has 0 unspecified atom stereocenters. The third-order valence-electron chi connectivity index (χ3n) is 0.959. The van der Waals surface area contributed by atoms with Crippen molar-refractivity contribution in [3.63, 3.8) is 0 Å². The van der Waals surface area contributed by atoms with Crippen LogP contribution in [-0.4, -0.2) is 25.5 Å². The molecule has 0 aliphatic rings. The smallest absolute Gasteiger partial charge is 0.333 e. The van der Waals surface area contributed by atoms with E-state index in [1.54, 1.807) is 0 Å². The zero-order valence-electron chi connectivity index (χ0n) is 8.35. The molecule has 1 aromatic carbocycles. The van der Waals surface area contributed by atoms with Crippen molar-refractivity contribution < 1.29 is 26.1 Å². The average molecular weight is 259 g/mol. The summed E-state index contributed by atoms with van der Waals surface area (Å²) in [5.41, 5.74) is -1.03. The molecule has 3 N–H and O–H groups in total. The van der Waals surface area contributed by atoms with E-state index >= 15 is 0 Å². The molecule has 16 heavy (non-hydrogen) atoms. The van der Waals surface area contributed by atoms with Gasteiger partial charge < -0.3 is 5.73 Å². The van der Waals surface area contributed by atoms with Gasteiger partial charge in [0, 0.05) is 0 Å². The first-order chi connectivity index (χ1) is 7.25. The molecule has 0 aromatic heterocycles. The van der Waals surface area contributed by atoms with E-state index in [2.05, 4.69) is 5.73 Å². The Morgan fingerprint density at radius 1 is 0.938 bits per heavy atom. The normalized spacial score (nSPS) is 10.4. The fraction of sp³-hybridized carbons (Fsp3) is 0.250. The molecular formula is C8H12F3NO3S. The molecule has 1 rings (SSSR count). The van der Waals surface area contributed by atoms with Gasteiger partial charge in [0.1, 0.15) is 0 Å². The van der Waals surface area contributed by atoms with Gasteiger partial charge in [0.2, 0.25) is 0 Å². The number of benzene rings is 1. The fourth-order valence-corrected chi connectivity index (χ4v) is 0.385. The van der Waals surface area contributed by atoms with Gasteiger partial charge in [0.15, 0.2) is 0 Å². The van der Waals surface area contributed by atoms with Gasteiger partial charge in [-0.1, -0.05) is 36.4 Å². The molecule has 0 aliphatic carbocycles. The van der Waals surface area contributed by atoms with Crippen molar-refractivity contribution >= 4 is 10.1 Å². The lowest BCUT2D eigenvalue weighted by atomic mass is 10.4. The van der Waals surface area contributed by atoms with Gasteiger partial charge >= 0.3 is 15.6 Å². The molecule has 0 bridgehead atoms. The van der Waals surface area contributed by atoms with Gasteiger partial charge in [0.25, 0.3) is 0 Å². The monoisotopic (exact) mass is 259 g/mol. The van der Waals surface area contributed by atoms with Crippen molar-refractivity contribution in [3.05, 3.63) is 36.4 Å². The van der Waals surface area contributed by atoms with Crippen LogP contribution in [-0.2, 0) is 10.1 Å². The predicted octanol–water partition coefficient (Wildman–Crippen LogP) is 1.66. The molecular weight excluding hydrogens is 247 g/mol. The quantitative estimate of drug-likeness (QED) is 0.548. The first-order valence-corrected chi connectivity index (χ1v) is 5.30. The topological polar surface area (TPSA) is 80.4 Å². The van der Waals surface area contributed by atoms with Gasteiger partial charge in [-0.3, -0.25) is 4.55 Å². The number of alkyl halides is 3. The second-order valence-electron chi connectivity index (χ2n) is 2.08. The lowest BCUT2D eigenvalue weighted by Crippen LogP contribution is -2.21. The van der Waals surface area contributed by atoms with Crippen LogP contribution in [0.1, 0.15) is 0 Å². The maximum atomic E-state index is 10.7. The standard InChI is InChI=1S/C6H6.CHF3O3S.CH5N/c1-2-4-6-5-3-1;2-1(3,4)8(5,6)7;1-2/h1-6H;(H,5,6,7);2H2,1H3. The highest BCUT2D eigenvalue weighted by Gasteiger charge is 2.44. The van der Waals surface area contributed by atoms with Crippen molar-refractivity contribution in [1.29, 1.82) is 0 Å². The summed E-state index contributed by atoms with van der Waals surface area (Å²) in [5.74, 6) is 0. The number of rotatable bonds is 0. The van der Waals surface area contributed by atoms with E-state index in [4.69, 9.17) is 13.0 Å². The second kappa shape index (κ2) is 8.08. The van der Waals surface area contributed by atoms with E-state index in [1.165, 1.54) is 7.05 Å². The lowest BCUT2D eigenvalue weighted by Gasteiger charge is -1.97. The molecule has 94 valence electrons. The minimum absolute atomic E-state index is 1.50. The van der Waals surface area contributed by atoms with E-state index < -0.39 is 15.6 Å². The van der Waals surface area contributed by atoms with Crippen LogP contribution in [0.5, 0.6) is 0 Å². The molecule has 0 spiro atoms. The summed E-state index contributed by atoms with van der Waals surface area (Å²) in [6, 6.07) is 12.0. The molecule has 1 aromatic rings. The van der Waals surface area contributed by atoms with Crippen LogP contribution < -0.4 is 5.73 Å². The molecule has 0 fully saturated rings. The molecule has 4 nitrogen and oxygen atoms in total. The molecule has 0 amide bonds. The van der Waals surface area contributed by atoms with E-state index in [0.29, 0.717) is 0 Å². The summed E-state index contributed by atoms with van der Waals surface area (Å²) in [7, 11) is -4.34. The van der Waals surface area contributed by atoms with Crippen LogP contribution in [0.15, 0.2) is 36.4 Å². The van der Waals surface area contributed by atoms with Gasteiger partial charge in [-0.15, -0.1) is 0 Å². The Morgan fingerprint density at radius 2 is 1.06 bits per heavy atom. The highest BCUT2D eigenvalue weighted by molar-refractivity contribution is 7.86. The highest BCUT2D eigenvalue weighted by atomic mass is 32.2. The van der Waals surface area contributed by atoms with Crippen LogP contribution in [0.25, 0.3) is 0 Å². The summed E-state index contributed by atoms with van der Waals surface area (Å²) in [6.07, 6.45) is 0. The van der Waals surface area contributed by atoms with Gasteiger partial charge in [-0.25, -0.2) is 0 Å². The lowest BCUT2D eigenvalue weighted by molar-refractivity contribution is -0.0510. The van der Waals surface area contributed by atoms with E-state index in [-0.39, 0.29) is 0 Å². The molecule has 0 saturated carbocycles. The summed E-state index contributed by atoms with van der Waals surface area (Å²) < 4.78 is 57.5. The summed E-state index contributed by atoms with van der Waals surface area (Å²) in [5, 5.41) is 0. The zero-order chi connectivity index (χ0) is 13.2. The van der Waals surface area contributed by atoms with E-state index in [9.17, 15) is 13.2 Å². The van der Waals surface area contributed by atoms with Crippen molar-refractivity contribution in [2.45, 2.75) is 5.51 Å². The first kappa shape index (κ1) is 17.3. The molecule has 0 atom stereocenters. The second-order valence-corrected chi connectivity index (χ2v) is 3.49. The largest absolute Gasteiger partial charge is 0.522 e. The molecule has 8 heteroatoms. The Bertz CT molecular complexity index is 324. The Kier molecular flexibility index (Phi) is 8.73. The summed E-state index contributed by atoms with van der Waals surface area (Å²) in [4.78, 5) is 0. The average Bonchev–Trinajstić information content (AvgIpc) is 2.21. The predicted molar refractivity (Wildman–Crippen MR) is 54.2 cm³/mol. The number of hydrogen-bond acceptors (Lipinski definition) is 3.